The van der Waals surface area contributed by atoms with E-state index >= 15 is 0 Å². The maximum absolute atomic E-state index is 12.0. The second kappa shape index (κ2) is 6.51. The van der Waals surface area contributed by atoms with Crippen molar-refractivity contribution in [1.82, 2.24) is 5.32 Å². The number of ether oxygens (including phenoxy) is 2. The highest BCUT2D eigenvalue weighted by atomic mass is 16.5. The van der Waals surface area contributed by atoms with E-state index in [4.69, 9.17) is 14.6 Å². The van der Waals surface area contributed by atoms with Crippen molar-refractivity contribution in [3.63, 3.8) is 0 Å². The molecule has 1 aliphatic rings. The molecule has 0 bridgehead atoms. The molecule has 1 amide bonds. The highest BCUT2D eigenvalue weighted by Gasteiger charge is 2.45. The predicted molar refractivity (Wildman–Crippen MR) is 64.2 cm³/mol. The van der Waals surface area contributed by atoms with Crippen molar-refractivity contribution >= 4 is 11.9 Å². The van der Waals surface area contributed by atoms with Gasteiger partial charge in [-0.3, -0.25) is 4.79 Å². The topological polar surface area (TPSA) is 84.9 Å². The lowest BCUT2D eigenvalue weighted by Gasteiger charge is -2.39. The molecule has 1 unspecified atom stereocenters. The van der Waals surface area contributed by atoms with Crippen molar-refractivity contribution in [2.45, 2.75) is 30.9 Å². The van der Waals surface area contributed by atoms with Crippen LogP contribution < -0.4 is 5.32 Å². The van der Waals surface area contributed by atoms with Crippen molar-refractivity contribution in [2.24, 2.45) is 0 Å². The molecule has 0 spiro atoms. The molecule has 1 saturated carbocycles. The van der Waals surface area contributed by atoms with Crippen LogP contribution in [0.15, 0.2) is 12.7 Å². The molecular weight excluding hydrogens is 238 g/mol. The summed E-state index contributed by atoms with van der Waals surface area (Å²) >= 11 is 0. The number of carbonyl (C=O) groups is 2. The first-order chi connectivity index (χ1) is 8.55. The van der Waals surface area contributed by atoms with E-state index in [2.05, 4.69) is 11.9 Å². The third kappa shape index (κ3) is 3.30. The molecule has 0 radical (unpaired) electrons. The number of carbonyl (C=O) groups excluding carboxylic acids is 1. The molecule has 6 nitrogen and oxygen atoms in total. The summed E-state index contributed by atoms with van der Waals surface area (Å²) in [7, 11) is 1.46. The number of methoxy groups -OCH3 is 1. The lowest BCUT2D eigenvalue weighted by Crippen LogP contribution is -2.57. The molecule has 0 aromatic heterocycles. The van der Waals surface area contributed by atoms with Gasteiger partial charge in [-0.2, -0.15) is 0 Å². The highest BCUT2D eigenvalue weighted by molar-refractivity contribution is 5.90. The van der Waals surface area contributed by atoms with Gasteiger partial charge in [-0.15, -0.1) is 6.58 Å². The Morgan fingerprint density at radius 1 is 1.56 bits per heavy atom. The van der Waals surface area contributed by atoms with Crippen LogP contribution in [-0.2, 0) is 19.1 Å². The average Bonchev–Trinajstić information content (AvgIpc) is 2.27. The molecule has 0 saturated heterocycles. The van der Waals surface area contributed by atoms with Gasteiger partial charge in [-0.05, 0) is 19.3 Å². The largest absolute Gasteiger partial charge is 0.480 e. The van der Waals surface area contributed by atoms with Gasteiger partial charge in [-0.1, -0.05) is 6.08 Å². The van der Waals surface area contributed by atoms with Gasteiger partial charge in [-0.25, -0.2) is 4.79 Å². The second-order valence-corrected chi connectivity index (χ2v) is 4.24. The number of hydrogen-bond acceptors (Lipinski definition) is 4. The zero-order valence-electron chi connectivity index (χ0n) is 10.5. The fourth-order valence-corrected chi connectivity index (χ4v) is 1.76. The van der Waals surface area contributed by atoms with Crippen molar-refractivity contribution < 1.29 is 24.2 Å². The summed E-state index contributed by atoms with van der Waals surface area (Å²) in [6.45, 7) is 3.61. The Labute approximate surface area is 106 Å². The zero-order valence-corrected chi connectivity index (χ0v) is 10.5. The van der Waals surface area contributed by atoms with E-state index in [0.29, 0.717) is 12.8 Å². The van der Waals surface area contributed by atoms with Gasteiger partial charge >= 0.3 is 5.97 Å². The van der Waals surface area contributed by atoms with Crippen molar-refractivity contribution in [1.29, 1.82) is 0 Å². The van der Waals surface area contributed by atoms with Crippen LogP contribution in [0.2, 0.25) is 0 Å². The average molecular weight is 257 g/mol. The Morgan fingerprint density at radius 2 is 2.22 bits per heavy atom. The maximum atomic E-state index is 12.0. The summed E-state index contributed by atoms with van der Waals surface area (Å²) in [5, 5.41) is 11.4. The number of nitrogens with one attached hydrogen (secondary N) is 1. The van der Waals surface area contributed by atoms with Gasteiger partial charge in [0.2, 0.25) is 0 Å². The highest BCUT2D eigenvalue weighted by Crippen LogP contribution is 2.35. The van der Waals surface area contributed by atoms with Crippen molar-refractivity contribution in [3.8, 4) is 0 Å². The van der Waals surface area contributed by atoms with Crippen molar-refractivity contribution in [2.75, 3.05) is 20.3 Å². The molecule has 2 N–H and O–H groups in total. The van der Waals surface area contributed by atoms with E-state index in [-0.39, 0.29) is 19.1 Å². The van der Waals surface area contributed by atoms with Crippen LogP contribution >= 0.6 is 0 Å². The predicted octanol–water partition coefficient (Wildman–Crippen LogP) is 0.327. The van der Waals surface area contributed by atoms with Crippen LogP contribution in [0.5, 0.6) is 0 Å². The first kappa shape index (κ1) is 14.7. The quantitative estimate of drug-likeness (QED) is 0.483. The van der Waals surface area contributed by atoms with E-state index < -0.39 is 17.6 Å². The van der Waals surface area contributed by atoms with Crippen LogP contribution in [0.4, 0.5) is 0 Å². The smallest absolute Gasteiger partial charge is 0.328 e. The third-order valence-corrected chi connectivity index (χ3v) is 3.09. The van der Waals surface area contributed by atoms with Gasteiger partial charge in [0.25, 0.3) is 5.91 Å². The van der Waals surface area contributed by atoms with Crippen LogP contribution in [0, 0.1) is 0 Å². The third-order valence-electron chi connectivity index (χ3n) is 3.09. The Hall–Kier alpha value is -1.40. The minimum atomic E-state index is -1.13. The lowest BCUT2D eigenvalue weighted by molar-refractivity contribution is -0.158. The minimum Gasteiger partial charge on any atom is -0.480 e. The summed E-state index contributed by atoms with van der Waals surface area (Å²) in [5.41, 5.74) is -0.855. The van der Waals surface area contributed by atoms with E-state index in [1.807, 2.05) is 0 Å². The van der Waals surface area contributed by atoms with E-state index in [1.54, 1.807) is 0 Å². The monoisotopic (exact) mass is 257 g/mol. The molecule has 0 aliphatic heterocycles. The van der Waals surface area contributed by atoms with E-state index in [0.717, 1.165) is 6.42 Å². The Balaban J connectivity index is 2.52. The van der Waals surface area contributed by atoms with Gasteiger partial charge in [0, 0.05) is 7.11 Å². The molecule has 0 aromatic carbocycles. The van der Waals surface area contributed by atoms with Crippen LogP contribution in [-0.4, -0.2) is 48.9 Å². The molecule has 102 valence electrons. The standard InChI is InChI=1S/C12H19NO5/c1-3-7-18-8-9(10(14)15)13-11(16)12(17-2)5-4-6-12/h3,9H,1,4-8H2,2H3,(H,13,16)(H,14,15). The molecule has 1 atom stereocenters. The van der Waals surface area contributed by atoms with Crippen LogP contribution in [0.25, 0.3) is 0 Å². The number of hydrogen-bond donors (Lipinski definition) is 2. The van der Waals surface area contributed by atoms with Crippen LogP contribution in [0.1, 0.15) is 19.3 Å². The number of carboxylic acid groups (broad SMARTS) is 1. The molecule has 1 rings (SSSR count). The Bertz CT molecular complexity index is 319. The molecule has 1 aliphatic carbocycles. The lowest BCUT2D eigenvalue weighted by atomic mass is 9.79. The van der Waals surface area contributed by atoms with Gasteiger partial charge in [0.15, 0.2) is 6.04 Å². The van der Waals surface area contributed by atoms with Gasteiger partial charge in [0.1, 0.15) is 5.60 Å². The summed E-state index contributed by atoms with van der Waals surface area (Å²) in [5.74, 6) is -1.51. The van der Waals surface area contributed by atoms with E-state index in [1.165, 1.54) is 13.2 Å². The Morgan fingerprint density at radius 3 is 2.61 bits per heavy atom. The SMILES string of the molecule is C=CCOCC(NC(=O)C1(OC)CCC1)C(=O)O. The summed E-state index contributed by atoms with van der Waals surface area (Å²) < 4.78 is 10.2. The fraction of sp³-hybridized carbons (Fsp3) is 0.667. The summed E-state index contributed by atoms with van der Waals surface area (Å²) in [6, 6.07) is -1.06. The summed E-state index contributed by atoms with van der Waals surface area (Å²) in [6.07, 6.45) is 3.67. The van der Waals surface area contributed by atoms with E-state index in [9.17, 15) is 9.59 Å². The minimum absolute atomic E-state index is 0.0904. The van der Waals surface area contributed by atoms with Crippen LogP contribution in [0.3, 0.4) is 0 Å². The number of carboxylic acids is 1. The molecule has 1 fully saturated rings. The first-order valence-corrected chi connectivity index (χ1v) is 5.83. The normalized spacial score (nSPS) is 18.5. The Kier molecular flexibility index (Phi) is 5.30. The maximum Gasteiger partial charge on any atom is 0.328 e. The molecular formula is C12H19NO5. The molecule has 18 heavy (non-hydrogen) atoms. The molecule has 6 heteroatoms. The van der Waals surface area contributed by atoms with Gasteiger partial charge in [0.05, 0.1) is 13.2 Å². The number of rotatable bonds is 8. The molecule has 0 heterocycles. The molecule has 0 aromatic rings. The zero-order chi connectivity index (χ0) is 13.6. The summed E-state index contributed by atoms with van der Waals surface area (Å²) in [4.78, 5) is 22.9. The second-order valence-electron chi connectivity index (χ2n) is 4.24. The number of aliphatic carboxylic acids is 1. The first-order valence-electron chi connectivity index (χ1n) is 5.83. The van der Waals surface area contributed by atoms with Crippen molar-refractivity contribution in [3.05, 3.63) is 12.7 Å². The fourth-order valence-electron chi connectivity index (χ4n) is 1.76. The number of amides is 1. The van der Waals surface area contributed by atoms with Gasteiger partial charge < -0.3 is 19.9 Å².